The van der Waals surface area contributed by atoms with Crippen LogP contribution in [0.15, 0.2) is 58.3 Å². The first kappa shape index (κ1) is 24.0. The minimum absolute atomic E-state index is 0. The number of carbonyl (C=O) groups excluding carboxylic acids is 1. The van der Waals surface area contributed by atoms with Gasteiger partial charge in [-0.3, -0.25) is 9.36 Å². The van der Waals surface area contributed by atoms with Crippen LogP contribution in [0.4, 0.5) is 5.69 Å². The summed E-state index contributed by atoms with van der Waals surface area (Å²) >= 11 is 1.26. The first-order valence-corrected chi connectivity index (χ1v) is 11.9. The molecule has 0 spiro atoms. The van der Waals surface area contributed by atoms with Crippen LogP contribution in [0.5, 0.6) is 0 Å². The average Bonchev–Trinajstić information content (AvgIpc) is 3.23. The Kier molecular flexibility index (Phi) is 7.05. The van der Waals surface area contributed by atoms with Gasteiger partial charge in [-0.25, -0.2) is 9.79 Å². The number of aryl methyl sites for hydroxylation is 1. The van der Waals surface area contributed by atoms with E-state index in [4.69, 9.17) is 9.73 Å². The maximum absolute atomic E-state index is 13.7. The number of fused-ring (bicyclic) bond motifs is 3. The van der Waals surface area contributed by atoms with Crippen molar-refractivity contribution in [2.45, 2.75) is 26.2 Å². The highest BCUT2D eigenvalue weighted by Crippen LogP contribution is 2.42. The second-order valence-electron chi connectivity index (χ2n) is 8.27. The largest absolute Gasteiger partial charge is 0.465 e. The molecule has 0 atom stereocenters. The van der Waals surface area contributed by atoms with Crippen LogP contribution in [-0.4, -0.2) is 42.0 Å². The van der Waals surface area contributed by atoms with Gasteiger partial charge in [0.25, 0.3) is 5.56 Å². The fraction of sp³-hybridized carbons (Fsp3) is 0.269. The molecule has 0 unspecified atom stereocenters. The van der Waals surface area contributed by atoms with Gasteiger partial charge in [-0.15, -0.1) is 23.7 Å². The standard InChI is InChI=1S/C26H25N3O3S.ClH/c1-17-10-4-7-13-20(17)29-24(30)19-12-6-5-11-18(19)21-22(23(26(31)32-2)33-25(21)29)27-16-28-14-8-3-9-15-28;/h4-7,10-13,16H,3,8-9,14-15H2,1-2H3;1H. The van der Waals surface area contributed by atoms with Gasteiger partial charge in [-0.05, 0) is 49.3 Å². The highest BCUT2D eigenvalue weighted by atomic mass is 35.5. The molecule has 0 N–H and O–H groups in total. The third-order valence-corrected chi connectivity index (χ3v) is 7.31. The minimum atomic E-state index is -0.449. The lowest BCUT2D eigenvalue weighted by Crippen LogP contribution is -2.28. The Labute approximate surface area is 207 Å². The number of aromatic nitrogens is 1. The average molecular weight is 496 g/mol. The molecule has 2 aromatic carbocycles. The summed E-state index contributed by atoms with van der Waals surface area (Å²) in [7, 11) is 1.37. The molecule has 0 radical (unpaired) electrons. The van der Waals surface area contributed by atoms with E-state index in [9.17, 15) is 9.59 Å². The molecule has 0 bridgehead atoms. The van der Waals surface area contributed by atoms with E-state index in [0.717, 1.165) is 48.0 Å². The molecule has 2 aromatic heterocycles. The summed E-state index contributed by atoms with van der Waals surface area (Å²) < 4.78 is 6.82. The molecule has 1 saturated heterocycles. The van der Waals surface area contributed by atoms with Crippen LogP contribution < -0.4 is 5.56 Å². The molecule has 176 valence electrons. The van der Waals surface area contributed by atoms with Crippen molar-refractivity contribution >= 4 is 62.7 Å². The molecule has 3 heterocycles. The molecular weight excluding hydrogens is 470 g/mol. The summed E-state index contributed by atoms with van der Waals surface area (Å²) in [6.07, 6.45) is 5.34. The molecule has 1 fully saturated rings. The van der Waals surface area contributed by atoms with E-state index in [-0.39, 0.29) is 18.0 Å². The van der Waals surface area contributed by atoms with Crippen molar-refractivity contribution in [3.63, 3.8) is 0 Å². The predicted molar refractivity (Wildman–Crippen MR) is 142 cm³/mol. The van der Waals surface area contributed by atoms with Crippen molar-refractivity contribution in [2.75, 3.05) is 20.2 Å². The van der Waals surface area contributed by atoms with Gasteiger partial charge < -0.3 is 9.64 Å². The van der Waals surface area contributed by atoms with Crippen LogP contribution in [0, 0.1) is 6.92 Å². The Balaban J connectivity index is 0.00000274. The lowest BCUT2D eigenvalue weighted by Gasteiger charge is -2.23. The van der Waals surface area contributed by atoms with Crippen molar-refractivity contribution in [2.24, 2.45) is 4.99 Å². The normalized spacial score (nSPS) is 14.0. The first-order chi connectivity index (χ1) is 16.1. The highest BCUT2D eigenvalue weighted by molar-refractivity contribution is 7.21. The number of ether oxygens (including phenoxy) is 1. The number of hydrogen-bond acceptors (Lipinski definition) is 5. The third-order valence-electron chi connectivity index (χ3n) is 6.17. The summed E-state index contributed by atoms with van der Waals surface area (Å²) in [5.74, 6) is -0.449. The van der Waals surface area contributed by atoms with Gasteiger partial charge in [0.05, 0.1) is 19.1 Å². The Bertz CT molecular complexity index is 1450. The fourth-order valence-corrected chi connectivity index (χ4v) is 5.66. The molecule has 0 saturated carbocycles. The van der Waals surface area contributed by atoms with Gasteiger partial charge in [0.1, 0.15) is 15.4 Å². The monoisotopic (exact) mass is 495 g/mol. The maximum atomic E-state index is 13.7. The van der Waals surface area contributed by atoms with Crippen LogP contribution in [-0.2, 0) is 4.74 Å². The number of carbonyl (C=O) groups is 1. The number of benzene rings is 2. The number of halogens is 1. The number of methoxy groups -OCH3 is 1. The van der Waals surface area contributed by atoms with E-state index in [0.29, 0.717) is 20.8 Å². The van der Waals surface area contributed by atoms with Crippen molar-refractivity contribution < 1.29 is 9.53 Å². The van der Waals surface area contributed by atoms with Crippen LogP contribution in [0.2, 0.25) is 0 Å². The van der Waals surface area contributed by atoms with Gasteiger partial charge in [-0.2, -0.15) is 0 Å². The maximum Gasteiger partial charge on any atom is 0.350 e. The number of nitrogens with zero attached hydrogens (tertiary/aromatic N) is 3. The van der Waals surface area contributed by atoms with Gasteiger partial charge in [-0.1, -0.05) is 36.4 Å². The number of rotatable bonds is 4. The van der Waals surface area contributed by atoms with Crippen molar-refractivity contribution in [1.29, 1.82) is 0 Å². The Morgan fingerprint density at radius 3 is 2.41 bits per heavy atom. The van der Waals surface area contributed by atoms with E-state index in [1.807, 2.05) is 61.8 Å². The molecular formula is C26H26ClN3O3S. The molecule has 4 aromatic rings. The highest BCUT2D eigenvalue weighted by Gasteiger charge is 2.25. The van der Waals surface area contributed by atoms with E-state index in [1.54, 1.807) is 4.57 Å². The fourth-order valence-electron chi connectivity index (χ4n) is 4.47. The van der Waals surface area contributed by atoms with Crippen molar-refractivity contribution in [1.82, 2.24) is 9.47 Å². The number of hydrogen-bond donors (Lipinski definition) is 0. The van der Waals surface area contributed by atoms with Crippen molar-refractivity contribution in [3.8, 4) is 5.69 Å². The van der Waals surface area contributed by atoms with E-state index < -0.39 is 5.97 Å². The smallest absolute Gasteiger partial charge is 0.350 e. The lowest BCUT2D eigenvalue weighted by atomic mass is 10.1. The summed E-state index contributed by atoms with van der Waals surface area (Å²) in [4.78, 5) is 34.6. The zero-order valence-electron chi connectivity index (χ0n) is 19.1. The zero-order chi connectivity index (χ0) is 22.9. The SMILES string of the molecule is COC(=O)c1sc2c(c1N=CN1CCCCC1)c1ccccc1c(=O)n2-c1ccccc1C.Cl. The molecule has 0 aliphatic carbocycles. The number of likely N-dealkylation sites (tertiary alicyclic amines) is 1. The molecule has 8 heteroatoms. The summed E-state index contributed by atoms with van der Waals surface area (Å²) in [6.45, 7) is 3.88. The van der Waals surface area contributed by atoms with E-state index >= 15 is 0 Å². The van der Waals surface area contributed by atoms with Crippen molar-refractivity contribution in [3.05, 3.63) is 69.3 Å². The van der Waals surface area contributed by atoms with Gasteiger partial charge in [0, 0.05) is 23.9 Å². The first-order valence-electron chi connectivity index (χ1n) is 11.1. The van der Waals surface area contributed by atoms with Gasteiger partial charge in [0.15, 0.2) is 0 Å². The van der Waals surface area contributed by atoms with Crippen LogP contribution in [0.3, 0.4) is 0 Å². The topological polar surface area (TPSA) is 63.9 Å². The Morgan fingerprint density at radius 2 is 1.71 bits per heavy atom. The summed E-state index contributed by atoms with van der Waals surface area (Å²) in [5, 5.41) is 2.18. The second-order valence-corrected chi connectivity index (χ2v) is 9.26. The van der Waals surface area contributed by atoms with E-state index in [1.165, 1.54) is 24.9 Å². The predicted octanol–water partition coefficient (Wildman–Crippen LogP) is 5.87. The molecule has 5 rings (SSSR count). The number of esters is 1. The number of piperidine rings is 1. The molecule has 34 heavy (non-hydrogen) atoms. The van der Waals surface area contributed by atoms with E-state index in [2.05, 4.69) is 4.90 Å². The molecule has 6 nitrogen and oxygen atoms in total. The molecule has 0 amide bonds. The lowest BCUT2D eigenvalue weighted by molar-refractivity contribution is 0.0607. The minimum Gasteiger partial charge on any atom is -0.465 e. The third kappa shape index (κ3) is 4.10. The second kappa shape index (κ2) is 9.99. The molecule has 1 aliphatic rings. The Morgan fingerprint density at radius 1 is 1.03 bits per heavy atom. The number of aliphatic imine (C=N–C) groups is 1. The summed E-state index contributed by atoms with van der Waals surface area (Å²) in [6, 6.07) is 15.3. The van der Waals surface area contributed by atoms with Crippen LogP contribution in [0.25, 0.3) is 26.7 Å². The van der Waals surface area contributed by atoms with Gasteiger partial charge in [0.2, 0.25) is 0 Å². The number of thiophene rings is 1. The summed E-state index contributed by atoms with van der Waals surface area (Å²) in [5.41, 5.74) is 2.22. The number of pyridine rings is 1. The quantitative estimate of drug-likeness (QED) is 0.202. The molecule has 1 aliphatic heterocycles. The zero-order valence-corrected chi connectivity index (χ0v) is 20.7. The van der Waals surface area contributed by atoms with Crippen LogP contribution in [0.1, 0.15) is 34.5 Å². The number of para-hydroxylation sites is 1. The van der Waals surface area contributed by atoms with Crippen LogP contribution >= 0.6 is 23.7 Å². The Hall–Kier alpha value is -3.16. The van der Waals surface area contributed by atoms with Gasteiger partial charge >= 0.3 is 5.97 Å².